The van der Waals surface area contributed by atoms with E-state index >= 15 is 0 Å². The summed E-state index contributed by atoms with van der Waals surface area (Å²) < 4.78 is 5.23. The molecule has 0 atom stereocenters. The third kappa shape index (κ3) is 3.47. The lowest BCUT2D eigenvalue weighted by molar-refractivity contribution is -0.0734. The molecule has 0 spiro atoms. The van der Waals surface area contributed by atoms with Crippen LogP contribution in [0.4, 0.5) is 5.69 Å². The van der Waals surface area contributed by atoms with Gasteiger partial charge in [0.1, 0.15) is 0 Å². The van der Waals surface area contributed by atoms with Crippen molar-refractivity contribution in [3.8, 4) is 0 Å². The van der Waals surface area contributed by atoms with Crippen molar-refractivity contribution in [3.63, 3.8) is 0 Å². The highest BCUT2D eigenvalue weighted by Gasteiger charge is 2.32. The maximum atomic E-state index is 12.3. The van der Waals surface area contributed by atoms with Gasteiger partial charge in [-0.05, 0) is 24.3 Å². The average Bonchev–Trinajstić information content (AvgIpc) is 2.47. The summed E-state index contributed by atoms with van der Waals surface area (Å²) in [6.07, 6.45) is 1.11. The number of nitrogens with zero attached hydrogens (tertiary/aromatic N) is 1. The molecule has 0 bridgehead atoms. The summed E-state index contributed by atoms with van der Waals surface area (Å²) in [5.41, 5.74) is 2.98. The molecule has 0 aliphatic carbocycles. The Morgan fingerprint density at radius 2 is 2.00 bits per heavy atom. The molecule has 1 fully saturated rings. The summed E-state index contributed by atoms with van der Waals surface area (Å²) >= 11 is 0. The maximum Gasteiger partial charge on any atom is 0.253 e. The summed E-state index contributed by atoms with van der Waals surface area (Å²) in [4.78, 5) is 13.8. The van der Waals surface area contributed by atoms with Crippen LogP contribution in [-0.2, 0) is 4.74 Å². The Balaban J connectivity index is 2.00. The van der Waals surface area contributed by atoms with Gasteiger partial charge in [-0.2, -0.15) is 0 Å². The van der Waals surface area contributed by atoms with Crippen molar-refractivity contribution < 1.29 is 14.6 Å². The molecule has 1 aliphatic heterocycles. The van der Waals surface area contributed by atoms with Gasteiger partial charge >= 0.3 is 0 Å². The van der Waals surface area contributed by atoms with Gasteiger partial charge in [0.25, 0.3) is 5.91 Å². The van der Waals surface area contributed by atoms with Gasteiger partial charge < -0.3 is 20.2 Å². The third-order valence-corrected chi connectivity index (χ3v) is 3.60. The van der Waals surface area contributed by atoms with E-state index in [4.69, 9.17) is 10.6 Å². The Kier molecular flexibility index (Phi) is 4.59. The number of anilines is 1. The lowest BCUT2D eigenvalue weighted by Crippen LogP contribution is -2.47. The van der Waals surface area contributed by atoms with Crippen molar-refractivity contribution >= 4 is 11.6 Å². The number of hydrazine groups is 1. The Morgan fingerprint density at radius 3 is 2.55 bits per heavy atom. The van der Waals surface area contributed by atoms with Gasteiger partial charge in [-0.15, -0.1) is 0 Å². The van der Waals surface area contributed by atoms with E-state index in [1.807, 2.05) is 0 Å². The van der Waals surface area contributed by atoms with Crippen molar-refractivity contribution in [1.29, 1.82) is 0 Å². The van der Waals surface area contributed by atoms with E-state index in [9.17, 15) is 9.90 Å². The van der Waals surface area contributed by atoms with Crippen molar-refractivity contribution in [2.75, 3.05) is 32.2 Å². The second kappa shape index (κ2) is 6.21. The zero-order chi connectivity index (χ0) is 14.6. The van der Waals surface area contributed by atoms with Gasteiger partial charge in [-0.3, -0.25) is 10.6 Å². The molecule has 6 nitrogen and oxygen atoms in total. The van der Waals surface area contributed by atoms with Gasteiger partial charge in [-0.1, -0.05) is 0 Å². The number of nitrogens with one attached hydrogen (secondary N) is 1. The van der Waals surface area contributed by atoms with E-state index in [2.05, 4.69) is 5.43 Å². The summed E-state index contributed by atoms with van der Waals surface area (Å²) in [7, 11) is 1.70. The third-order valence-electron chi connectivity index (χ3n) is 3.60. The summed E-state index contributed by atoms with van der Waals surface area (Å²) in [5.74, 6) is 5.17. The largest absolute Gasteiger partial charge is 0.388 e. The van der Waals surface area contributed by atoms with Crippen LogP contribution in [0.25, 0.3) is 0 Å². The molecule has 0 aromatic heterocycles. The van der Waals surface area contributed by atoms with Crippen LogP contribution in [0, 0.1) is 0 Å². The van der Waals surface area contributed by atoms with Crippen LogP contribution >= 0.6 is 0 Å². The number of hydrogen-bond acceptors (Lipinski definition) is 5. The number of ether oxygens (including phenoxy) is 1. The van der Waals surface area contributed by atoms with Crippen LogP contribution in [0.15, 0.2) is 24.3 Å². The molecule has 1 amide bonds. The Morgan fingerprint density at radius 1 is 1.40 bits per heavy atom. The van der Waals surface area contributed by atoms with Gasteiger partial charge in [0.15, 0.2) is 0 Å². The number of nitrogen functional groups attached to an aromatic ring is 1. The zero-order valence-corrected chi connectivity index (χ0v) is 11.6. The topological polar surface area (TPSA) is 87.8 Å². The molecule has 110 valence electrons. The number of rotatable bonds is 4. The first kappa shape index (κ1) is 14.8. The van der Waals surface area contributed by atoms with Crippen molar-refractivity contribution in [1.82, 2.24) is 4.90 Å². The molecular weight excluding hydrogens is 258 g/mol. The second-order valence-electron chi connectivity index (χ2n) is 5.22. The number of amides is 1. The number of carbonyl (C=O) groups excluding carboxylic acids is 1. The minimum Gasteiger partial charge on any atom is -0.388 e. The van der Waals surface area contributed by atoms with E-state index in [1.54, 1.807) is 36.2 Å². The molecule has 4 N–H and O–H groups in total. The molecule has 2 rings (SSSR count). The number of nitrogens with two attached hydrogens (primary N) is 1. The summed E-state index contributed by atoms with van der Waals surface area (Å²) in [6.45, 7) is 1.39. The van der Waals surface area contributed by atoms with Crippen LogP contribution in [0.3, 0.4) is 0 Å². The van der Waals surface area contributed by atoms with Gasteiger partial charge in [0, 0.05) is 50.9 Å². The molecule has 0 radical (unpaired) electrons. The predicted molar refractivity (Wildman–Crippen MR) is 76.2 cm³/mol. The number of likely N-dealkylation sites (N-methyl/N-ethyl adjacent to an activating group) is 1. The minimum absolute atomic E-state index is 0.117. The van der Waals surface area contributed by atoms with Crippen LogP contribution in [0.5, 0.6) is 0 Å². The molecule has 1 heterocycles. The van der Waals surface area contributed by atoms with Gasteiger partial charge in [-0.25, -0.2) is 0 Å². The van der Waals surface area contributed by atoms with E-state index < -0.39 is 5.60 Å². The molecule has 1 aromatic rings. The van der Waals surface area contributed by atoms with Gasteiger partial charge in [0.05, 0.1) is 5.60 Å². The number of benzene rings is 1. The lowest BCUT2D eigenvalue weighted by atomic mass is 9.93. The molecule has 1 aliphatic rings. The van der Waals surface area contributed by atoms with Crippen molar-refractivity contribution in [2.24, 2.45) is 5.84 Å². The van der Waals surface area contributed by atoms with Crippen LogP contribution in [-0.4, -0.2) is 48.3 Å². The molecule has 20 heavy (non-hydrogen) atoms. The minimum atomic E-state index is -0.846. The summed E-state index contributed by atoms with van der Waals surface area (Å²) in [6, 6.07) is 6.90. The first-order valence-corrected chi connectivity index (χ1v) is 6.66. The smallest absolute Gasteiger partial charge is 0.253 e. The van der Waals surface area contributed by atoms with E-state index in [1.165, 1.54) is 0 Å². The second-order valence-corrected chi connectivity index (χ2v) is 5.22. The molecular formula is C14H21N3O3. The Bertz CT molecular complexity index is 455. The van der Waals surface area contributed by atoms with E-state index in [-0.39, 0.29) is 5.91 Å². The first-order chi connectivity index (χ1) is 9.54. The monoisotopic (exact) mass is 279 g/mol. The Hall–Kier alpha value is -1.63. The van der Waals surface area contributed by atoms with Crippen LogP contribution in [0.1, 0.15) is 23.2 Å². The number of aliphatic hydroxyl groups is 1. The fourth-order valence-electron chi connectivity index (χ4n) is 2.35. The molecule has 1 aromatic carbocycles. The molecule has 1 saturated heterocycles. The number of hydrogen-bond donors (Lipinski definition) is 3. The van der Waals surface area contributed by atoms with E-state index in [0.717, 1.165) is 5.69 Å². The fraction of sp³-hybridized carbons (Fsp3) is 0.500. The molecule has 0 unspecified atom stereocenters. The summed E-state index contributed by atoms with van der Waals surface area (Å²) in [5, 5.41) is 10.4. The highest BCUT2D eigenvalue weighted by atomic mass is 16.5. The van der Waals surface area contributed by atoms with E-state index in [0.29, 0.717) is 38.2 Å². The quantitative estimate of drug-likeness (QED) is 0.554. The van der Waals surface area contributed by atoms with Crippen LogP contribution < -0.4 is 11.3 Å². The fourth-order valence-corrected chi connectivity index (χ4v) is 2.35. The van der Waals surface area contributed by atoms with Crippen molar-refractivity contribution in [2.45, 2.75) is 18.4 Å². The predicted octanol–water partition coefficient (Wildman–Crippen LogP) is 0.586. The van der Waals surface area contributed by atoms with Gasteiger partial charge in [0.2, 0.25) is 0 Å². The number of carbonyl (C=O) groups is 1. The first-order valence-electron chi connectivity index (χ1n) is 6.66. The average molecular weight is 279 g/mol. The highest BCUT2D eigenvalue weighted by molar-refractivity contribution is 5.94. The SMILES string of the molecule is CN(CC1(O)CCOCC1)C(=O)c1ccc(NN)cc1. The lowest BCUT2D eigenvalue weighted by Gasteiger charge is -2.35. The highest BCUT2D eigenvalue weighted by Crippen LogP contribution is 2.22. The molecule has 0 saturated carbocycles. The standard InChI is InChI=1S/C14H21N3O3/c1-17(10-14(19)6-8-20-9-7-14)13(18)11-2-4-12(16-15)5-3-11/h2-5,16,19H,6-10,15H2,1H3. The van der Waals surface area contributed by atoms with Crippen molar-refractivity contribution in [3.05, 3.63) is 29.8 Å². The Labute approximate surface area is 118 Å². The van der Waals surface area contributed by atoms with Crippen LogP contribution in [0.2, 0.25) is 0 Å². The zero-order valence-electron chi connectivity index (χ0n) is 11.6. The normalized spacial score (nSPS) is 17.6. The molecule has 6 heteroatoms. The maximum absolute atomic E-state index is 12.3.